The van der Waals surface area contributed by atoms with Crippen LogP contribution in [0.5, 0.6) is 0 Å². The Morgan fingerprint density at radius 1 is 1.09 bits per heavy atom. The predicted octanol–water partition coefficient (Wildman–Crippen LogP) is 4.86. The molecular formula is C25H24N4O2S. The molecule has 1 saturated heterocycles. The molecule has 1 fully saturated rings. The predicted molar refractivity (Wildman–Crippen MR) is 129 cm³/mol. The third kappa shape index (κ3) is 5.23. The van der Waals surface area contributed by atoms with Gasteiger partial charge in [0.1, 0.15) is 5.25 Å². The number of nitrogens with one attached hydrogen (secondary N) is 1. The van der Waals surface area contributed by atoms with Crippen molar-refractivity contribution in [2.24, 2.45) is 4.99 Å². The molecule has 3 aromatic rings. The van der Waals surface area contributed by atoms with Crippen molar-refractivity contribution >= 4 is 40.1 Å². The van der Waals surface area contributed by atoms with Crippen LogP contribution < -0.4 is 5.32 Å². The second kappa shape index (κ2) is 9.78. The summed E-state index contributed by atoms with van der Waals surface area (Å²) in [6.07, 6.45) is 1.77. The van der Waals surface area contributed by atoms with Crippen LogP contribution in [0.25, 0.3) is 0 Å². The molecule has 1 unspecified atom stereocenters. The minimum Gasteiger partial charge on any atom is -0.326 e. The van der Waals surface area contributed by atoms with Gasteiger partial charge in [0, 0.05) is 18.3 Å². The van der Waals surface area contributed by atoms with Crippen LogP contribution in [0.4, 0.5) is 11.4 Å². The number of aromatic nitrogens is 1. The molecule has 4 rings (SSSR count). The Balaban J connectivity index is 1.54. The molecule has 0 spiro atoms. The molecule has 1 aromatic heterocycles. The summed E-state index contributed by atoms with van der Waals surface area (Å²) < 4.78 is 0. The van der Waals surface area contributed by atoms with E-state index < -0.39 is 5.25 Å². The second-order valence-corrected chi connectivity index (χ2v) is 8.82. The van der Waals surface area contributed by atoms with E-state index in [0.29, 0.717) is 11.7 Å². The molecule has 6 nitrogen and oxygen atoms in total. The van der Waals surface area contributed by atoms with E-state index in [1.807, 2.05) is 80.6 Å². The van der Waals surface area contributed by atoms with Gasteiger partial charge in [-0.15, -0.1) is 0 Å². The quantitative estimate of drug-likeness (QED) is 0.589. The van der Waals surface area contributed by atoms with Gasteiger partial charge in [-0.2, -0.15) is 0 Å². The molecule has 2 amide bonds. The monoisotopic (exact) mass is 444 g/mol. The van der Waals surface area contributed by atoms with Gasteiger partial charge in [0.05, 0.1) is 17.9 Å². The van der Waals surface area contributed by atoms with Crippen molar-refractivity contribution in [3.05, 3.63) is 89.7 Å². The largest absolute Gasteiger partial charge is 0.326 e. The van der Waals surface area contributed by atoms with Gasteiger partial charge in [-0.1, -0.05) is 48.2 Å². The van der Waals surface area contributed by atoms with E-state index >= 15 is 0 Å². The van der Waals surface area contributed by atoms with Gasteiger partial charge in [-0.3, -0.25) is 19.5 Å². The van der Waals surface area contributed by atoms with Crippen molar-refractivity contribution in [2.75, 3.05) is 5.32 Å². The highest BCUT2D eigenvalue weighted by molar-refractivity contribution is 8.15. The number of hydrogen-bond donors (Lipinski definition) is 1. The summed E-state index contributed by atoms with van der Waals surface area (Å²) in [5, 5.41) is 3.00. The highest BCUT2D eigenvalue weighted by atomic mass is 32.2. The number of para-hydroxylation sites is 1. The normalized spacial score (nSPS) is 17.1. The summed E-state index contributed by atoms with van der Waals surface area (Å²) in [5.41, 5.74) is 4.35. The number of hydrogen-bond acceptors (Lipinski definition) is 5. The number of rotatable bonds is 6. The number of pyridine rings is 1. The number of carbonyl (C=O) groups excluding carboxylic acids is 2. The zero-order valence-corrected chi connectivity index (χ0v) is 18.8. The topological polar surface area (TPSA) is 74.7 Å². The summed E-state index contributed by atoms with van der Waals surface area (Å²) in [5.74, 6) is -0.324. The third-order valence-electron chi connectivity index (χ3n) is 5.09. The van der Waals surface area contributed by atoms with Crippen LogP contribution in [0.2, 0.25) is 0 Å². The lowest BCUT2D eigenvalue weighted by atomic mass is 10.1. The number of carbonyl (C=O) groups is 2. The number of amides is 2. The molecule has 1 aliphatic rings. The molecule has 0 saturated carbocycles. The SMILES string of the molecule is Cc1ccc(C)c(NC(=O)CC2SC(=Nc3ccccc3)N(Cc3ccccn3)C2=O)c1. The molecular weight excluding hydrogens is 420 g/mol. The Bertz CT molecular complexity index is 1150. The average Bonchev–Trinajstić information content (AvgIpc) is 3.06. The fraction of sp³-hybridized carbons (Fsp3) is 0.200. The van der Waals surface area contributed by atoms with Crippen molar-refractivity contribution < 1.29 is 9.59 Å². The highest BCUT2D eigenvalue weighted by Crippen LogP contribution is 2.33. The first-order chi connectivity index (χ1) is 15.5. The Hall–Kier alpha value is -3.45. The molecule has 0 radical (unpaired) electrons. The minimum absolute atomic E-state index is 0.0728. The molecule has 7 heteroatoms. The van der Waals surface area contributed by atoms with Crippen LogP contribution in [0, 0.1) is 13.8 Å². The van der Waals surface area contributed by atoms with Gasteiger partial charge < -0.3 is 5.32 Å². The molecule has 1 aliphatic heterocycles. The van der Waals surface area contributed by atoms with Gasteiger partial charge in [0.2, 0.25) is 11.8 Å². The van der Waals surface area contributed by atoms with Crippen LogP contribution >= 0.6 is 11.8 Å². The van der Waals surface area contributed by atoms with Crippen molar-refractivity contribution in [3.8, 4) is 0 Å². The number of amidine groups is 1. The van der Waals surface area contributed by atoms with Crippen LogP contribution in [-0.2, 0) is 16.1 Å². The Labute approximate surface area is 191 Å². The minimum atomic E-state index is -0.536. The van der Waals surface area contributed by atoms with E-state index in [4.69, 9.17) is 0 Å². The lowest BCUT2D eigenvalue weighted by molar-refractivity contribution is -0.128. The maximum atomic E-state index is 13.2. The molecule has 0 aliphatic carbocycles. The Morgan fingerprint density at radius 2 is 1.88 bits per heavy atom. The summed E-state index contributed by atoms with van der Waals surface area (Å²) in [6, 6.07) is 21.0. The summed E-state index contributed by atoms with van der Waals surface area (Å²) in [4.78, 5) is 36.6. The van der Waals surface area contributed by atoms with E-state index in [2.05, 4.69) is 15.3 Å². The van der Waals surface area contributed by atoms with E-state index in [1.165, 1.54) is 11.8 Å². The van der Waals surface area contributed by atoms with Gasteiger partial charge in [0.15, 0.2) is 5.17 Å². The first-order valence-corrected chi connectivity index (χ1v) is 11.3. The van der Waals surface area contributed by atoms with Crippen LogP contribution in [-0.4, -0.2) is 32.1 Å². The van der Waals surface area contributed by atoms with Gasteiger partial charge in [-0.05, 0) is 55.3 Å². The van der Waals surface area contributed by atoms with E-state index in [9.17, 15) is 9.59 Å². The maximum absolute atomic E-state index is 13.2. The van der Waals surface area contributed by atoms with Crippen molar-refractivity contribution in [1.29, 1.82) is 0 Å². The summed E-state index contributed by atoms with van der Waals surface area (Å²) >= 11 is 1.32. The van der Waals surface area contributed by atoms with Crippen molar-refractivity contribution in [3.63, 3.8) is 0 Å². The molecule has 1 N–H and O–H groups in total. The van der Waals surface area contributed by atoms with Crippen LogP contribution in [0.1, 0.15) is 23.2 Å². The van der Waals surface area contributed by atoms with Crippen molar-refractivity contribution in [2.45, 2.75) is 32.1 Å². The highest BCUT2D eigenvalue weighted by Gasteiger charge is 2.39. The van der Waals surface area contributed by atoms with Crippen molar-refractivity contribution in [1.82, 2.24) is 9.88 Å². The summed E-state index contributed by atoms with van der Waals surface area (Å²) in [6.45, 7) is 4.24. The molecule has 2 heterocycles. The van der Waals surface area contributed by atoms with E-state index in [-0.39, 0.29) is 18.2 Å². The number of nitrogens with zero attached hydrogens (tertiary/aromatic N) is 3. The number of aliphatic imine (C=N–C) groups is 1. The second-order valence-electron chi connectivity index (χ2n) is 7.65. The van der Waals surface area contributed by atoms with Gasteiger partial charge in [-0.25, -0.2) is 4.99 Å². The first-order valence-electron chi connectivity index (χ1n) is 10.4. The van der Waals surface area contributed by atoms with Crippen LogP contribution in [0.15, 0.2) is 77.9 Å². The summed E-state index contributed by atoms with van der Waals surface area (Å²) in [7, 11) is 0. The molecule has 2 aromatic carbocycles. The number of benzene rings is 2. The Morgan fingerprint density at radius 3 is 2.62 bits per heavy atom. The standard InChI is InChI=1S/C25H24N4O2S/c1-17-11-12-18(2)21(14-17)28-23(30)15-22-24(31)29(16-20-10-6-7-13-26-20)25(32-22)27-19-8-4-3-5-9-19/h3-14,22H,15-16H2,1-2H3,(H,28,30). The number of aryl methyl sites for hydroxylation is 2. The lowest BCUT2D eigenvalue weighted by Crippen LogP contribution is -2.33. The fourth-order valence-corrected chi connectivity index (χ4v) is 4.53. The third-order valence-corrected chi connectivity index (χ3v) is 6.26. The molecule has 0 bridgehead atoms. The molecule has 1 atom stereocenters. The average molecular weight is 445 g/mol. The number of anilines is 1. The van der Waals surface area contributed by atoms with E-state index in [1.54, 1.807) is 11.1 Å². The molecule has 32 heavy (non-hydrogen) atoms. The first kappa shape index (κ1) is 21.8. The lowest BCUT2D eigenvalue weighted by Gasteiger charge is -2.16. The maximum Gasteiger partial charge on any atom is 0.243 e. The molecule has 162 valence electrons. The smallest absolute Gasteiger partial charge is 0.243 e. The van der Waals surface area contributed by atoms with E-state index in [0.717, 1.165) is 28.2 Å². The van der Waals surface area contributed by atoms with Crippen LogP contribution in [0.3, 0.4) is 0 Å². The van der Waals surface area contributed by atoms with Gasteiger partial charge in [0.25, 0.3) is 0 Å². The number of thioether (sulfide) groups is 1. The Kier molecular flexibility index (Phi) is 6.66. The van der Waals surface area contributed by atoms with Gasteiger partial charge >= 0.3 is 0 Å². The zero-order chi connectivity index (χ0) is 22.5. The zero-order valence-electron chi connectivity index (χ0n) is 18.0. The fourth-order valence-electron chi connectivity index (χ4n) is 3.38.